The molecule has 2 amide bonds. The van der Waals surface area contributed by atoms with E-state index in [1.165, 1.54) is 33.9 Å². The lowest BCUT2D eigenvalue weighted by Gasteiger charge is -2.22. The highest BCUT2D eigenvalue weighted by atomic mass is 32.2. The number of fused-ring (bicyclic) bond motifs is 2. The number of rotatable bonds is 12. The number of amides is 2. The molecule has 2 aliphatic heterocycles. The molecule has 0 fully saturated rings. The molecule has 4 rings (SSSR count). The highest BCUT2D eigenvalue weighted by molar-refractivity contribution is 7.99. The van der Waals surface area contributed by atoms with E-state index in [-0.39, 0.29) is 11.8 Å². The Kier molecular flexibility index (Phi) is 8.10. The second-order valence-electron chi connectivity index (χ2n) is 9.09. The van der Waals surface area contributed by atoms with Gasteiger partial charge < -0.3 is 9.80 Å². The van der Waals surface area contributed by atoms with Crippen LogP contribution in [0.2, 0.25) is 0 Å². The molecule has 2 aromatic carbocycles. The summed E-state index contributed by atoms with van der Waals surface area (Å²) in [5.41, 5.74) is 3.90. The Morgan fingerprint density at radius 2 is 1.61 bits per heavy atom. The molecular weight excluding hydrogens is 430 g/mol. The number of aryl methyl sites for hydroxylation is 1. The van der Waals surface area contributed by atoms with Crippen LogP contribution in [0.25, 0.3) is 0 Å². The predicted octanol–water partition coefficient (Wildman–Crippen LogP) is 5.30. The van der Waals surface area contributed by atoms with Crippen molar-refractivity contribution in [3.05, 3.63) is 59.2 Å². The van der Waals surface area contributed by atoms with Crippen LogP contribution in [0.1, 0.15) is 65.3 Å². The van der Waals surface area contributed by atoms with Gasteiger partial charge in [-0.1, -0.05) is 25.1 Å². The zero-order chi connectivity index (χ0) is 23.2. The number of hydrogen-bond donors (Lipinski definition) is 0. The highest BCUT2D eigenvalue weighted by Crippen LogP contribution is 2.38. The van der Waals surface area contributed by atoms with E-state index in [0.717, 1.165) is 51.2 Å². The van der Waals surface area contributed by atoms with Crippen LogP contribution in [0, 0.1) is 0 Å². The van der Waals surface area contributed by atoms with Crippen LogP contribution < -0.4 is 4.90 Å². The van der Waals surface area contributed by atoms with Crippen LogP contribution in [0.3, 0.4) is 0 Å². The fourth-order valence-electron chi connectivity index (χ4n) is 4.74. The molecule has 2 aromatic rings. The molecule has 0 atom stereocenters. The second-order valence-corrected chi connectivity index (χ2v) is 10.1. The van der Waals surface area contributed by atoms with Crippen molar-refractivity contribution in [2.45, 2.75) is 50.3 Å². The van der Waals surface area contributed by atoms with Crippen molar-refractivity contribution >= 4 is 29.3 Å². The van der Waals surface area contributed by atoms with Crippen molar-refractivity contribution in [2.24, 2.45) is 0 Å². The molecule has 0 unspecified atom stereocenters. The topological polar surface area (TPSA) is 43.9 Å². The number of benzene rings is 2. The molecule has 0 saturated heterocycles. The Morgan fingerprint density at radius 1 is 0.909 bits per heavy atom. The third-order valence-corrected chi connectivity index (χ3v) is 7.72. The molecule has 0 bridgehead atoms. The molecule has 5 nitrogen and oxygen atoms in total. The number of carbonyl (C=O) groups is 2. The van der Waals surface area contributed by atoms with E-state index in [1.807, 2.05) is 23.9 Å². The summed E-state index contributed by atoms with van der Waals surface area (Å²) >= 11 is 1.93. The van der Waals surface area contributed by atoms with E-state index in [0.29, 0.717) is 17.7 Å². The summed E-state index contributed by atoms with van der Waals surface area (Å²) in [5, 5.41) is 0. The van der Waals surface area contributed by atoms with Gasteiger partial charge in [0.15, 0.2) is 0 Å². The predicted molar refractivity (Wildman–Crippen MR) is 136 cm³/mol. The molecule has 0 aromatic heterocycles. The van der Waals surface area contributed by atoms with Gasteiger partial charge in [0.25, 0.3) is 11.8 Å². The molecule has 33 heavy (non-hydrogen) atoms. The maximum atomic E-state index is 12.5. The van der Waals surface area contributed by atoms with Gasteiger partial charge in [-0.15, -0.1) is 11.8 Å². The quantitative estimate of drug-likeness (QED) is 0.314. The summed E-state index contributed by atoms with van der Waals surface area (Å²) in [6.45, 7) is 5.99. The van der Waals surface area contributed by atoms with Gasteiger partial charge in [-0.2, -0.15) is 0 Å². The van der Waals surface area contributed by atoms with Gasteiger partial charge in [0.1, 0.15) is 0 Å². The van der Waals surface area contributed by atoms with Crippen LogP contribution in [0.4, 0.5) is 5.69 Å². The number of hydrogen-bond acceptors (Lipinski definition) is 5. The van der Waals surface area contributed by atoms with Crippen LogP contribution in [-0.2, 0) is 6.42 Å². The van der Waals surface area contributed by atoms with Gasteiger partial charge in [0.05, 0.1) is 22.7 Å². The van der Waals surface area contributed by atoms with E-state index in [1.54, 1.807) is 12.1 Å². The van der Waals surface area contributed by atoms with Gasteiger partial charge in [-0.3, -0.25) is 14.5 Å². The van der Waals surface area contributed by atoms with Crippen LogP contribution in [0.15, 0.2) is 47.4 Å². The molecule has 0 spiro atoms. The van der Waals surface area contributed by atoms with Gasteiger partial charge in [-0.05, 0) is 88.0 Å². The van der Waals surface area contributed by atoms with Gasteiger partial charge in [0, 0.05) is 18.5 Å². The molecule has 0 N–H and O–H groups in total. The fourth-order valence-corrected chi connectivity index (χ4v) is 5.82. The monoisotopic (exact) mass is 465 g/mol. The SMILES string of the molecule is CCCN(CCCCc1ccc2c(c1)SCN2C)CCCCN1C(=O)c2ccccc2C1=O. The average Bonchev–Trinajstić information content (AvgIpc) is 3.31. The first-order valence-corrected chi connectivity index (χ1v) is 13.2. The summed E-state index contributed by atoms with van der Waals surface area (Å²) in [6.07, 6.45) is 6.54. The lowest BCUT2D eigenvalue weighted by Crippen LogP contribution is -2.32. The van der Waals surface area contributed by atoms with Crippen molar-refractivity contribution in [2.75, 3.05) is 44.0 Å². The average molecular weight is 466 g/mol. The number of carbonyl (C=O) groups excluding carboxylic acids is 2. The minimum Gasteiger partial charge on any atom is -0.364 e. The van der Waals surface area contributed by atoms with Gasteiger partial charge >= 0.3 is 0 Å². The Bertz CT molecular complexity index is 958. The third-order valence-electron chi connectivity index (χ3n) is 6.56. The maximum Gasteiger partial charge on any atom is 0.261 e. The van der Waals surface area contributed by atoms with E-state index < -0.39 is 0 Å². The summed E-state index contributed by atoms with van der Waals surface area (Å²) in [7, 11) is 2.15. The van der Waals surface area contributed by atoms with E-state index >= 15 is 0 Å². The Hall–Kier alpha value is -2.31. The van der Waals surface area contributed by atoms with Crippen molar-refractivity contribution in [1.82, 2.24) is 9.80 Å². The van der Waals surface area contributed by atoms with E-state index in [9.17, 15) is 9.59 Å². The molecule has 176 valence electrons. The van der Waals surface area contributed by atoms with Gasteiger partial charge in [0.2, 0.25) is 0 Å². The summed E-state index contributed by atoms with van der Waals surface area (Å²) in [5.74, 6) is 0.771. The Balaban J connectivity index is 1.16. The molecule has 2 aliphatic rings. The normalized spacial score (nSPS) is 15.0. The molecule has 0 saturated carbocycles. The minimum atomic E-state index is -0.141. The molecule has 0 aliphatic carbocycles. The van der Waals surface area contributed by atoms with Crippen LogP contribution in [0.5, 0.6) is 0 Å². The fraction of sp³-hybridized carbons (Fsp3) is 0.481. The molecular formula is C27H35N3O2S. The van der Waals surface area contributed by atoms with E-state index in [4.69, 9.17) is 0 Å². The van der Waals surface area contributed by atoms with Crippen molar-refractivity contribution in [3.63, 3.8) is 0 Å². The van der Waals surface area contributed by atoms with Crippen LogP contribution >= 0.6 is 11.8 Å². The first-order valence-electron chi connectivity index (χ1n) is 12.2. The first-order chi connectivity index (χ1) is 16.1. The third kappa shape index (κ3) is 5.61. The Labute approximate surface area is 202 Å². The standard InChI is InChI=1S/C27H35N3O2S/c1-3-15-29(16-7-6-10-21-13-14-24-25(19-21)33-20-28(24)2)17-8-9-18-30-26(31)22-11-4-5-12-23(22)27(30)32/h4-5,11-14,19H,3,6-10,15-18,20H2,1-2H3. The molecule has 6 heteroatoms. The zero-order valence-electron chi connectivity index (χ0n) is 19.9. The summed E-state index contributed by atoms with van der Waals surface area (Å²) in [4.78, 5) is 32.7. The Morgan fingerprint density at radius 3 is 2.30 bits per heavy atom. The lowest BCUT2D eigenvalue weighted by atomic mass is 10.1. The maximum absolute atomic E-state index is 12.5. The number of imide groups is 1. The minimum absolute atomic E-state index is 0.141. The number of anilines is 1. The van der Waals surface area contributed by atoms with Gasteiger partial charge in [-0.25, -0.2) is 0 Å². The highest BCUT2D eigenvalue weighted by Gasteiger charge is 2.34. The first kappa shape index (κ1) is 23.8. The number of thioether (sulfide) groups is 1. The molecule has 0 radical (unpaired) electrons. The molecule has 2 heterocycles. The smallest absolute Gasteiger partial charge is 0.261 e. The lowest BCUT2D eigenvalue weighted by molar-refractivity contribution is 0.0650. The second kappa shape index (κ2) is 11.2. The summed E-state index contributed by atoms with van der Waals surface area (Å²) < 4.78 is 0. The largest absolute Gasteiger partial charge is 0.364 e. The number of unbranched alkanes of at least 4 members (excludes halogenated alkanes) is 2. The van der Waals surface area contributed by atoms with Crippen molar-refractivity contribution in [3.8, 4) is 0 Å². The van der Waals surface area contributed by atoms with E-state index in [2.05, 4.69) is 42.0 Å². The van der Waals surface area contributed by atoms with Crippen LogP contribution in [-0.4, -0.2) is 60.7 Å². The summed E-state index contributed by atoms with van der Waals surface area (Å²) in [6, 6.07) is 14.0. The van der Waals surface area contributed by atoms with Crippen molar-refractivity contribution < 1.29 is 9.59 Å². The van der Waals surface area contributed by atoms with Crippen molar-refractivity contribution in [1.29, 1.82) is 0 Å². The number of nitrogens with zero attached hydrogens (tertiary/aromatic N) is 3. The zero-order valence-corrected chi connectivity index (χ0v) is 20.7.